The number of benzene rings is 1. The predicted octanol–water partition coefficient (Wildman–Crippen LogP) is 5.15. The van der Waals surface area contributed by atoms with E-state index >= 15 is 0 Å². The van der Waals surface area contributed by atoms with E-state index in [4.69, 9.17) is 20.5 Å². The molecular weight excluding hydrogens is 356 g/mol. The van der Waals surface area contributed by atoms with Crippen LogP contribution in [0.25, 0.3) is 0 Å². The Morgan fingerprint density at radius 2 is 1.67 bits per heavy atom. The zero-order valence-electron chi connectivity index (χ0n) is 15.2. The van der Waals surface area contributed by atoms with Crippen molar-refractivity contribution >= 4 is 28.2 Å². The zero-order valence-corrected chi connectivity index (χ0v) is 17.9. The topological polar surface area (TPSA) is 44.2 Å². The molecule has 2 rings (SSSR count). The first-order valence-corrected chi connectivity index (χ1v) is 15.2. The minimum Gasteiger partial charge on any atom is -0.531 e. The fourth-order valence-corrected chi connectivity index (χ4v) is 3.68. The van der Waals surface area contributed by atoms with Crippen molar-refractivity contribution < 1.29 is 8.85 Å². The van der Waals surface area contributed by atoms with Crippen LogP contribution in [0.2, 0.25) is 44.3 Å². The molecule has 1 aromatic carbocycles. The summed E-state index contributed by atoms with van der Waals surface area (Å²) in [6.45, 7) is 12.7. The molecule has 0 atom stereocenters. The van der Waals surface area contributed by atoms with Gasteiger partial charge in [0.1, 0.15) is 0 Å². The second-order valence-electron chi connectivity index (χ2n) is 7.72. The zero-order chi connectivity index (χ0) is 18.0. The third kappa shape index (κ3) is 6.26. The van der Waals surface area contributed by atoms with Crippen molar-refractivity contribution in [3.05, 3.63) is 46.6 Å². The van der Waals surface area contributed by atoms with E-state index in [0.29, 0.717) is 18.3 Å². The normalized spacial score (nSPS) is 12.1. The second-order valence-corrected chi connectivity index (χ2v) is 17.0. The van der Waals surface area contributed by atoms with E-state index in [1.165, 1.54) is 0 Å². The van der Waals surface area contributed by atoms with Gasteiger partial charge in [-0.3, -0.25) is 0 Å². The highest BCUT2D eigenvalue weighted by atomic mass is 35.5. The lowest BCUT2D eigenvalue weighted by Crippen LogP contribution is -2.32. The van der Waals surface area contributed by atoms with Gasteiger partial charge >= 0.3 is 6.01 Å². The van der Waals surface area contributed by atoms with Gasteiger partial charge in [0.25, 0.3) is 0 Å². The molecule has 0 fully saturated rings. The van der Waals surface area contributed by atoms with Crippen LogP contribution >= 0.6 is 11.6 Å². The number of halogens is 1. The van der Waals surface area contributed by atoms with Crippen molar-refractivity contribution in [2.75, 3.05) is 0 Å². The lowest BCUT2D eigenvalue weighted by molar-refractivity contribution is 0.471. The van der Waals surface area contributed by atoms with Gasteiger partial charge in [0, 0.05) is 23.2 Å². The Bertz CT molecular complexity index is 712. The largest absolute Gasteiger partial charge is 0.531 e. The number of hydrogen-bond donors (Lipinski definition) is 0. The molecule has 130 valence electrons. The highest BCUT2D eigenvalue weighted by Crippen LogP contribution is 2.25. The van der Waals surface area contributed by atoms with Gasteiger partial charge < -0.3 is 8.85 Å². The van der Waals surface area contributed by atoms with Crippen LogP contribution in [0.3, 0.4) is 0 Å². The minimum atomic E-state index is -1.80. The molecular formula is C17H25ClN2O2Si2. The van der Waals surface area contributed by atoms with E-state index in [0.717, 1.165) is 16.1 Å². The van der Waals surface area contributed by atoms with Crippen molar-refractivity contribution in [2.24, 2.45) is 0 Å². The maximum absolute atomic E-state index is 6.18. The van der Waals surface area contributed by atoms with Crippen LogP contribution in [0.1, 0.15) is 11.1 Å². The van der Waals surface area contributed by atoms with Crippen LogP contribution in [0, 0.1) is 0 Å². The molecule has 24 heavy (non-hydrogen) atoms. The van der Waals surface area contributed by atoms with E-state index < -0.39 is 16.6 Å². The molecule has 2 aromatic rings. The van der Waals surface area contributed by atoms with Crippen LogP contribution in [0.5, 0.6) is 11.9 Å². The summed E-state index contributed by atoms with van der Waals surface area (Å²) >= 11 is 6.08. The fourth-order valence-electron chi connectivity index (χ4n) is 2.07. The van der Waals surface area contributed by atoms with Crippen molar-refractivity contribution in [1.82, 2.24) is 9.97 Å². The van der Waals surface area contributed by atoms with E-state index in [1.54, 1.807) is 6.20 Å². The van der Waals surface area contributed by atoms with Crippen molar-refractivity contribution in [2.45, 2.75) is 45.7 Å². The summed E-state index contributed by atoms with van der Waals surface area (Å²) < 4.78 is 12.1. The van der Waals surface area contributed by atoms with Crippen LogP contribution in [0.15, 0.2) is 30.5 Å². The third-order valence-corrected chi connectivity index (χ3v) is 4.72. The number of nitrogens with zero attached hydrogens (tertiary/aromatic N) is 2. The Morgan fingerprint density at radius 1 is 1.00 bits per heavy atom. The molecule has 0 bridgehead atoms. The lowest BCUT2D eigenvalue weighted by Gasteiger charge is -2.22. The lowest BCUT2D eigenvalue weighted by atomic mass is 10.1. The van der Waals surface area contributed by atoms with Gasteiger partial charge in [-0.15, -0.1) is 0 Å². The van der Waals surface area contributed by atoms with E-state index in [1.807, 2.05) is 24.3 Å². The second kappa shape index (κ2) is 7.25. The highest BCUT2D eigenvalue weighted by molar-refractivity contribution is 6.70. The van der Waals surface area contributed by atoms with Crippen molar-refractivity contribution in [1.29, 1.82) is 0 Å². The Kier molecular flexibility index (Phi) is 5.72. The van der Waals surface area contributed by atoms with Crippen LogP contribution in [-0.2, 0) is 6.42 Å². The van der Waals surface area contributed by atoms with Gasteiger partial charge in [-0.25, -0.2) is 4.98 Å². The Balaban J connectivity index is 2.34. The summed E-state index contributed by atoms with van der Waals surface area (Å²) in [5.41, 5.74) is 2.05. The number of rotatable bonds is 6. The maximum atomic E-state index is 6.18. The smallest absolute Gasteiger partial charge is 0.305 e. The summed E-state index contributed by atoms with van der Waals surface area (Å²) in [6.07, 6.45) is 2.48. The molecule has 0 aliphatic rings. The van der Waals surface area contributed by atoms with Gasteiger partial charge in [0.15, 0.2) is 0 Å². The molecule has 0 radical (unpaired) electrons. The molecule has 0 saturated heterocycles. The first-order valence-electron chi connectivity index (χ1n) is 8.00. The first-order chi connectivity index (χ1) is 11.0. The fraction of sp³-hybridized carbons (Fsp3) is 0.412. The molecule has 1 heterocycles. The van der Waals surface area contributed by atoms with Gasteiger partial charge in [0.05, 0.1) is 0 Å². The highest BCUT2D eigenvalue weighted by Gasteiger charge is 2.23. The predicted molar refractivity (Wildman–Crippen MR) is 104 cm³/mol. The average Bonchev–Trinajstić information content (AvgIpc) is 2.38. The summed E-state index contributed by atoms with van der Waals surface area (Å²) in [5, 5.41) is 0.722. The molecule has 0 spiro atoms. The molecule has 0 amide bonds. The summed E-state index contributed by atoms with van der Waals surface area (Å²) in [5.74, 6) is 0.623. The van der Waals surface area contributed by atoms with Crippen molar-refractivity contribution in [3.8, 4) is 11.9 Å². The Labute approximate surface area is 151 Å². The molecule has 0 aliphatic heterocycles. The maximum Gasteiger partial charge on any atom is 0.305 e. The van der Waals surface area contributed by atoms with Gasteiger partial charge in [-0.1, -0.05) is 23.7 Å². The molecule has 1 aromatic heterocycles. The van der Waals surface area contributed by atoms with Crippen molar-refractivity contribution in [3.63, 3.8) is 0 Å². The number of aromatic nitrogens is 2. The minimum absolute atomic E-state index is 0.400. The summed E-state index contributed by atoms with van der Waals surface area (Å²) in [6, 6.07) is 8.20. The average molecular weight is 381 g/mol. The van der Waals surface area contributed by atoms with Crippen LogP contribution < -0.4 is 8.85 Å². The SMILES string of the molecule is C[Si](C)(C)Oc1ncc(Cc2cccc(Cl)c2)c(O[Si](C)(C)C)n1. The number of hydrogen-bond acceptors (Lipinski definition) is 4. The summed E-state index contributed by atoms with van der Waals surface area (Å²) in [7, 11) is -3.56. The van der Waals surface area contributed by atoms with Gasteiger partial charge in [-0.05, 0) is 57.0 Å². The first kappa shape index (κ1) is 19.0. The molecule has 4 nitrogen and oxygen atoms in total. The third-order valence-electron chi connectivity index (χ3n) is 2.89. The molecule has 0 unspecified atom stereocenters. The van der Waals surface area contributed by atoms with Gasteiger partial charge in [0.2, 0.25) is 22.5 Å². The molecule has 7 heteroatoms. The standard InChI is InChI=1S/C17H25ClN2O2Si2/c1-23(2,3)21-16-14(10-13-8-7-9-15(18)11-13)12-19-17(20-16)22-24(4,5)6/h7-9,11-12H,10H2,1-6H3. The summed E-state index contributed by atoms with van der Waals surface area (Å²) in [4.78, 5) is 8.92. The Hall–Kier alpha value is -1.38. The monoisotopic (exact) mass is 380 g/mol. The van der Waals surface area contributed by atoms with E-state index in [-0.39, 0.29) is 0 Å². The van der Waals surface area contributed by atoms with Crippen LogP contribution in [-0.4, -0.2) is 26.6 Å². The Morgan fingerprint density at radius 3 is 2.25 bits per heavy atom. The van der Waals surface area contributed by atoms with E-state index in [9.17, 15) is 0 Å². The molecule has 0 saturated carbocycles. The molecule has 0 aliphatic carbocycles. The van der Waals surface area contributed by atoms with E-state index in [2.05, 4.69) is 49.3 Å². The quantitative estimate of drug-likeness (QED) is 0.650. The van der Waals surface area contributed by atoms with Crippen LogP contribution in [0.4, 0.5) is 0 Å². The molecule has 0 N–H and O–H groups in total. The van der Waals surface area contributed by atoms with Gasteiger partial charge in [-0.2, -0.15) is 4.98 Å².